The predicted molar refractivity (Wildman–Crippen MR) is 65.5 cm³/mol. The molecule has 0 bridgehead atoms. The Kier molecular flexibility index (Phi) is 4.45. The van der Waals surface area contributed by atoms with Gasteiger partial charge in [-0.15, -0.1) is 0 Å². The van der Waals surface area contributed by atoms with Gasteiger partial charge in [-0.3, -0.25) is 4.99 Å². The van der Waals surface area contributed by atoms with Crippen LogP contribution < -0.4 is 11.1 Å². The summed E-state index contributed by atoms with van der Waals surface area (Å²) in [6.07, 6.45) is 9.05. The molecule has 0 aromatic rings. The number of nitrogens with one attached hydrogen (secondary N) is 1. The third-order valence-electron chi connectivity index (χ3n) is 3.45. The lowest BCUT2D eigenvalue weighted by Gasteiger charge is -2.23. The van der Waals surface area contributed by atoms with E-state index in [1.165, 1.54) is 32.1 Å². The second kappa shape index (κ2) is 6.09. The molecule has 1 aliphatic carbocycles. The first-order valence-corrected chi connectivity index (χ1v) is 6.52. The van der Waals surface area contributed by atoms with Gasteiger partial charge in [-0.25, -0.2) is 0 Å². The van der Waals surface area contributed by atoms with Gasteiger partial charge in [0.25, 0.3) is 0 Å². The number of nitrogens with zero attached hydrogens (tertiary/aromatic N) is 1. The zero-order chi connectivity index (χ0) is 11.2. The summed E-state index contributed by atoms with van der Waals surface area (Å²) >= 11 is 0. The van der Waals surface area contributed by atoms with Gasteiger partial charge in [0.1, 0.15) is 0 Å². The van der Waals surface area contributed by atoms with Crippen LogP contribution in [0.3, 0.4) is 0 Å². The van der Waals surface area contributed by atoms with Crippen molar-refractivity contribution in [3.05, 3.63) is 0 Å². The molecule has 1 heterocycles. The molecule has 2 fully saturated rings. The molecule has 4 nitrogen and oxygen atoms in total. The van der Waals surface area contributed by atoms with E-state index in [0.717, 1.165) is 19.4 Å². The van der Waals surface area contributed by atoms with Crippen molar-refractivity contribution in [2.75, 3.05) is 13.2 Å². The first-order chi connectivity index (χ1) is 7.84. The minimum Gasteiger partial charge on any atom is -0.376 e. The zero-order valence-electron chi connectivity index (χ0n) is 9.95. The van der Waals surface area contributed by atoms with Gasteiger partial charge in [-0.1, -0.05) is 19.3 Å². The van der Waals surface area contributed by atoms with Crippen molar-refractivity contribution in [3.63, 3.8) is 0 Å². The van der Waals surface area contributed by atoms with Crippen LogP contribution in [0.15, 0.2) is 4.99 Å². The fraction of sp³-hybridized carbons (Fsp3) is 0.917. The van der Waals surface area contributed by atoms with E-state index in [1.807, 2.05) is 0 Å². The summed E-state index contributed by atoms with van der Waals surface area (Å²) in [6, 6.07) is 0.544. The molecule has 1 saturated carbocycles. The molecule has 1 atom stereocenters. The molecule has 0 spiro atoms. The maximum Gasteiger partial charge on any atom is 0.188 e. The maximum atomic E-state index is 5.87. The van der Waals surface area contributed by atoms with Crippen molar-refractivity contribution in [2.45, 2.75) is 57.1 Å². The van der Waals surface area contributed by atoms with E-state index in [1.54, 1.807) is 0 Å². The van der Waals surface area contributed by atoms with Crippen LogP contribution in [0, 0.1) is 0 Å². The van der Waals surface area contributed by atoms with Crippen molar-refractivity contribution < 1.29 is 4.74 Å². The summed E-state index contributed by atoms with van der Waals surface area (Å²) in [5, 5.41) is 3.31. The number of aliphatic imine (C=N–C) groups is 1. The van der Waals surface area contributed by atoms with Gasteiger partial charge in [0.05, 0.1) is 12.6 Å². The van der Waals surface area contributed by atoms with Gasteiger partial charge in [0, 0.05) is 12.6 Å². The SMILES string of the molecule is NC(=NCC1CCCO1)NC1CCCCC1. The standard InChI is InChI=1S/C12H23N3O/c13-12(14-9-11-7-4-8-16-11)15-10-5-2-1-3-6-10/h10-11H,1-9H2,(H3,13,14,15). The molecule has 0 aromatic heterocycles. The van der Waals surface area contributed by atoms with Crippen molar-refractivity contribution in [1.82, 2.24) is 5.32 Å². The summed E-state index contributed by atoms with van der Waals surface area (Å²) in [5.74, 6) is 0.599. The molecule has 2 rings (SSSR count). The largest absolute Gasteiger partial charge is 0.376 e. The Labute approximate surface area is 97.6 Å². The lowest BCUT2D eigenvalue weighted by molar-refractivity contribution is 0.117. The van der Waals surface area contributed by atoms with Gasteiger partial charge in [-0.05, 0) is 25.7 Å². The van der Waals surface area contributed by atoms with E-state index in [-0.39, 0.29) is 0 Å². The van der Waals surface area contributed by atoms with Crippen LogP contribution >= 0.6 is 0 Å². The molecule has 1 unspecified atom stereocenters. The molecule has 92 valence electrons. The maximum absolute atomic E-state index is 5.87. The van der Waals surface area contributed by atoms with E-state index in [0.29, 0.717) is 24.7 Å². The Morgan fingerprint density at radius 1 is 1.19 bits per heavy atom. The molecule has 0 amide bonds. The summed E-state index contributed by atoms with van der Waals surface area (Å²) in [6.45, 7) is 1.60. The van der Waals surface area contributed by atoms with E-state index < -0.39 is 0 Å². The quantitative estimate of drug-likeness (QED) is 0.564. The lowest BCUT2D eigenvalue weighted by atomic mass is 9.96. The number of rotatable bonds is 3. The van der Waals surface area contributed by atoms with E-state index in [9.17, 15) is 0 Å². The topological polar surface area (TPSA) is 59.6 Å². The van der Waals surface area contributed by atoms with E-state index in [2.05, 4.69) is 10.3 Å². The van der Waals surface area contributed by atoms with Crippen LogP contribution in [0.4, 0.5) is 0 Å². The highest BCUT2D eigenvalue weighted by molar-refractivity contribution is 5.78. The zero-order valence-corrected chi connectivity index (χ0v) is 9.95. The molecule has 0 aromatic carbocycles. The van der Waals surface area contributed by atoms with Crippen LogP contribution in [-0.2, 0) is 4.74 Å². The normalized spacial score (nSPS) is 28.2. The Balaban J connectivity index is 1.68. The predicted octanol–water partition coefficient (Wildman–Crippen LogP) is 1.40. The van der Waals surface area contributed by atoms with Crippen molar-refractivity contribution in [1.29, 1.82) is 0 Å². The molecule has 0 radical (unpaired) electrons. The fourth-order valence-electron chi connectivity index (χ4n) is 2.49. The molecule has 3 N–H and O–H groups in total. The minimum atomic E-state index is 0.298. The van der Waals surface area contributed by atoms with Crippen molar-refractivity contribution >= 4 is 5.96 Å². The molecule has 16 heavy (non-hydrogen) atoms. The monoisotopic (exact) mass is 225 g/mol. The third-order valence-corrected chi connectivity index (χ3v) is 3.45. The van der Waals surface area contributed by atoms with Crippen LogP contribution in [0.1, 0.15) is 44.9 Å². The smallest absolute Gasteiger partial charge is 0.188 e. The highest BCUT2D eigenvalue weighted by Crippen LogP contribution is 2.17. The Bertz CT molecular complexity index is 230. The Morgan fingerprint density at radius 2 is 2.00 bits per heavy atom. The Hall–Kier alpha value is -0.770. The highest BCUT2D eigenvalue weighted by atomic mass is 16.5. The molecular weight excluding hydrogens is 202 g/mol. The number of nitrogens with two attached hydrogens (primary N) is 1. The van der Waals surface area contributed by atoms with Gasteiger partial charge >= 0.3 is 0 Å². The fourth-order valence-corrected chi connectivity index (χ4v) is 2.49. The molecule has 4 heteroatoms. The van der Waals surface area contributed by atoms with Crippen molar-refractivity contribution in [2.24, 2.45) is 10.7 Å². The Morgan fingerprint density at radius 3 is 2.69 bits per heavy atom. The first-order valence-electron chi connectivity index (χ1n) is 6.52. The average molecular weight is 225 g/mol. The second-order valence-electron chi connectivity index (χ2n) is 4.84. The van der Waals surface area contributed by atoms with E-state index in [4.69, 9.17) is 10.5 Å². The average Bonchev–Trinajstić information content (AvgIpc) is 2.81. The number of ether oxygens (including phenoxy) is 1. The van der Waals surface area contributed by atoms with Gasteiger partial charge in [-0.2, -0.15) is 0 Å². The highest BCUT2D eigenvalue weighted by Gasteiger charge is 2.16. The summed E-state index contributed by atoms with van der Waals surface area (Å²) < 4.78 is 5.50. The summed E-state index contributed by atoms with van der Waals surface area (Å²) in [7, 11) is 0. The van der Waals surface area contributed by atoms with Crippen LogP contribution in [0.5, 0.6) is 0 Å². The molecule has 2 aliphatic rings. The van der Waals surface area contributed by atoms with Gasteiger partial charge < -0.3 is 15.8 Å². The number of guanidine groups is 1. The van der Waals surface area contributed by atoms with Crippen LogP contribution in [0.2, 0.25) is 0 Å². The molecular formula is C12H23N3O. The van der Waals surface area contributed by atoms with Gasteiger partial charge in [0.15, 0.2) is 5.96 Å². The molecule has 1 aliphatic heterocycles. The molecule has 1 saturated heterocycles. The number of hydrogen-bond acceptors (Lipinski definition) is 2. The second-order valence-corrected chi connectivity index (χ2v) is 4.84. The number of hydrogen-bond donors (Lipinski definition) is 2. The first kappa shape index (κ1) is 11.7. The minimum absolute atomic E-state index is 0.298. The van der Waals surface area contributed by atoms with Crippen LogP contribution in [-0.4, -0.2) is 31.3 Å². The summed E-state index contributed by atoms with van der Waals surface area (Å²) in [5.41, 5.74) is 5.87. The van der Waals surface area contributed by atoms with Crippen LogP contribution in [0.25, 0.3) is 0 Å². The van der Waals surface area contributed by atoms with Gasteiger partial charge in [0.2, 0.25) is 0 Å². The third kappa shape index (κ3) is 3.67. The van der Waals surface area contributed by atoms with E-state index >= 15 is 0 Å². The summed E-state index contributed by atoms with van der Waals surface area (Å²) in [4.78, 5) is 4.36. The lowest BCUT2D eigenvalue weighted by Crippen LogP contribution is -2.41. The van der Waals surface area contributed by atoms with Crippen molar-refractivity contribution in [3.8, 4) is 0 Å².